The Morgan fingerprint density at radius 3 is 2.82 bits per heavy atom. The first-order chi connectivity index (χ1) is 13.4. The number of hydrogen-bond donors (Lipinski definition) is 2. The summed E-state index contributed by atoms with van der Waals surface area (Å²) in [7, 11) is 0. The van der Waals surface area contributed by atoms with Gasteiger partial charge in [-0.1, -0.05) is 43.3 Å². The van der Waals surface area contributed by atoms with Gasteiger partial charge in [0.15, 0.2) is 5.82 Å². The molecule has 7 nitrogen and oxygen atoms in total. The fourth-order valence-electron chi connectivity index (χ4n) is 3.70. The summed E-state index contributed by atoms with van der Waals surface area (Å²) >= 11 is 0. The van der Waals surface area contributed by atoms with Crippen LogP contribution in [0.15, 0.2) is 28.8 Å². The molecule has 3 rings (SSSR count). The minimum Gasteiger partial charge on any atom is -0.480 e. The zero-order valence-electron chi connectivity index (χ0n) is 16.4. The van der Waals surface area contributed by atoms with Crippen molar-refractivity contribution in [1.29, 1.82) is 0 Å². The molecule has 28 heavy (non-hydrogen) atoms. The van der Waals surface area contributed by atoms with E-state index in [1.165, 1.54) is 11.1 Å². The number of carbonyl (C=O) groups is 2. The Balaban J connectivity index is 1.57. The minimum atomic E-state index is -1.00. The summed E-state index contributed by atoms with van der Waals surface area (Å²) in [6, 6.07) is 7.27. The van der Waals surface area contributed by atoms with E-state index in [4.69, 9.17) is 4.52 Å². The van der Waals surface area contributed by atoms with Crippen LogP contribution in [0.2, 0.25) is 0 Å². The van der Waals surface area contributed by atoms with Gasteiger partial charge in [0.2, 0.25) is 11.8 Å². The molecule has 0 fully saturated rings. The van der Waals surface area contributed by atoms with E-state index in [0.29, 0.717) is 24.6 Å². The SMILES string of the molecule is CC(C)c1noc(CCC(=O)NC(CC2CCCc3ccccc32)C(=O)O)n1. The van der Waals surface area contributed by atoms with Crippen LogP contribution in [0.25, 0.3) is 0 Å². The molecule has 0 bridgehead atoms. The third-order valence-electron chi connectivity index (χ3n) is 5.21. The van der Waals surface area contributed by atoms with E-state index in [1.807, 2.05) is 26.0 Å². The number of nitrogens with one attached hydrogen (secondary N) is 1. The molecule has 0 saturated carbocycles. The van der Waals surface area contributed by atoms with Gasteiger partial charge in [-0.3, -0.25) is 4.79 Å². The molecule has 0 saturated heterocycles. The van der Waals surface area contributed by atoms with Crippen molar-refractivity contribution in [3.8, 4) is 0 Å². The highest BCUT2D eigenvalue weighted by Crippen LogP contribution is 2.34. The van der Waals surface area contributed by atoms with E-state index in [-0.39, 0.29) is 24.2 Å². The second-order valence-corrected chi connectivity index (χ2v) is 7.68. The highest BCUT2D eigenvalue weighted by atomic mass is 16.5. The van der Waals surface area contributed by atoms with Crippen molar-refractivity contribution >= 4 is 11.9 Å². The van der Waals surface area contributed by atoms with E-state index in [2.05, 4.69) is 27.6 Å². The number of carbonyl (C=O) groups excluding carboxylic acids is 1. The van der Waals surface area contributed by atoms with Crippen LogP contribution in [0.3, 0.4) is 0 Å². The van der Waals surface area contributed by atoms with Gasteiger partial charge in [0.1, 0.15) is 6.04 Å². The monoisotopic (exact) mass is 385 g/mol. The van der Waals surface area contributed by atoms with Crippen LogP contribution in [0, 0.1) is 0 Å². The van der Waals surface area contributed by atoms with Gasteiger partial charge in [-0.2, -0.15) is 4.98 Å². The molecule has 2 aromatic rings. The fraction of sp³-hybridized carbons (Fsp3) is 0.524. The molecule has 1 aliphatic rings. The van der Waals surface area contributed by atoms with E-state index >= 15 is 0 Å². The molecule has 0 spiro atoms. The molecule has 1 aromatic carbocycles. The van der Waals surface area contributed by atoms with Crippen molar-refractivity contribution in [3.63, 3.8) is 0 Å². The fourth-order valence-corrected chi connectivity index (χ4v) is 3.70. The highest BCUT2D eigenvalue weighted by molar-refractivity contribution is 5.83. The molecule has 0 radical (unpaired) electrons. The molecule has 7 heteroatoms. The number of benzene rings is 1. The van der Waals surface area contributed by atoms with Gasteiger partial charge in [-0.15, -0.1) is 0 Å². The summed E-state index contributed by atoms with van der Waals surface area (Å²) < 4.78 is 5.13. The van der Waals surface area contributed by atoms with Gasteiger partial charge in [-0.25, -0.2) is 4.79 Å². The maximum atomic E-state index is 12.3. The molecule has 1 aliphatic carbocycles. The number of aromatic nitrogens is 2. The van der Waals surface area contributed by atoms with Crippen LogP contribution < -0.4 is 5.32 Å². The van der Waals surface area contributed by atoms with Crippen LogP contribution in [0.4, 0.5) is 0 Å². The maximum Gasteiger partial charge on any atom is 0.326 e. The quantitative estimate of drug-likeness (QED) is 0.723. The van der Waals surface area contributed by atoms with Gasteiger partial charge in [0.05, 0.1) is 0 Å². The van der Waals surface area contributed by atoms with Crippen molar-refractivity contribution in [1.82, 2.24) is 15.5 Å². The zero-order valence-corrected chi connectivity index (χ0v) is 16.4. The first-order valence-electron chi connectivity index (χ1n) is 9.86. The lowest BCUT2D eigenvalue weighted by atomic mass is 9.79. The first kappa shape index (κ1) is 20.0. The van der Waals surface area contributed by atoms with Crippen LogP contribution in [0.1, 0.15) is 74.2 Å². The Bertz CT molecular complexity index is 831. The van der Waals surface area contributed by atoms with Gasteiger partial charge >= 0.3 is 5.97 Å². The number of carboxylic acid groups (broad SMARTS) is 1. The average Bonchev–Trinajstić information content (AvgIpc) is 3.15. The highest BCUT2D eigenvalue weighted by Gasteiger charge is 2.28. The number of nitrogens with zero attached hydrogens (tertiary/aromatic N) is 2. The van der Waals surface area contributed by atoms with Gasteiger partial charge in [0.25, 0.3) is 0 Å². The molecule has 1 amide bonds. The van der Waals surface area contributed by atoms with Gasteiger partial charge < -0.3 is 14.9 Å². The summed E-state index contributed by atoms with van der Waals surface area (Å²) in [4.78, 5) is 28.3. The number of carboxylic acids is 1. The lowest BCUT2D eigenvalue weighted by Gasteiger charge is -2.28. The van der Waals surface area contributed by atoms with Crippen molar-refractivity contribution in [3.05, 3.63) is 47.1 Å². The molecule has 1 heterocycles. The standard InChI is InChI=1S/C21H27N3O4/c1-13(2)20-23-19(28-24-20)11-10-18(25)22-17(21(26)27)12-15-8-5-7-14-6-3-4-9-16(14)15/h3-4,6,9,13,15,17H,5,7-8,10-12H2,1-2H3,(H,22,25)(H,26,27). The van der Waals surface area contributed by atoms with Crippen LogP contribution >= 0.6 is 0 Å². The lowest BCUT2D eigenvalue weighted by Crippen LogP contribution is -2.42. The number of aliphatic carboxylic acids is 1. The third-order valence-corrected chi connectivity index (χ3v) is 5.21. The van der Waals surface area contributed by atoms with E-state index in [1.54, 1.807) is 0 Å². The predicted octanol–water partition coefficient (Wildman–Crippen LogP) is 3.21. The summed E-state index contributed by atoms with van der Waals surface area (Å²) in [6.45, 7) is 3.92. The Hall–Kier alpha value is -2.70. The van der Waals surface area contributed by atoms with E-state index in [9.17, 15) is 14.7 Å². The van der Waals surface area contributed by atoms with Crippen molar-refractivity contribution in [2.75, 3.05) is 0 Å². The number of amides is 1. The van der Waals surface area contributed by atoms with Gasteiger partial charge in [-0.05, 0) is 42.7 Å². The van der Waals surface area contributed by atoms with Crippen LogP contribution in [-0.2, 0) is 22.4 Å². The lowest BCUT2D eigenvalue weighted by molar-refractivity contribution is -0.142. The van der Waals surface area contributed by atoms with E-state index < -0.39 is 12.0 Å². The molecular weight excluding hydrogens is 358 g/mol. The molecular formula is C21H27N3O4. The van der Waals surface area contributed by atoms with Crippen molar-refractivity contribution in [2.45, 2.75) is 70.3 Å². The molecule has 2 N–H and O–H groups in total. The van der Waals surface area contributed by atoms with Gasteiger partial charge in [0, 0.05) is 18.8 Å². The topological polar surface area (TPSA) is 105 Å². The second kappa shape index (κ2) is 8.99. The Labute approximate surface area is 164 Å². The number of hydrogen-bond acceptors (Lipinski definition) is 5. The predicted molar refractivity (Wildman–Crippen MR) is 103 cm³/mol. The minimum absolute atomic E-state index is 0.116. The number of rotatable bonds is 8. The number of fused-ring (bicyclic) bond motifs is 1. The van der Waals surface area contributed by atoms with E-state index in [0.717, 1.165) is 19.3 Å². The molecule has 2 unspecified atom stereocenters. The summed E-state index contributed by atoms with van der Waals surface area (Å²) in [5.74, 6) is -0.0178. The summed E-state index contributed by atoms with van der Waals surface area (Å²) in [5.41, 5.74) is 2.49. The first-order valence-corrected chi connectivity index (χ1v) is 9.86. The Kier molecular flexibility index (Phi) is 6.44. The van der Waals surface area contributed by atoms with Crippen molar-refractivity contribution < 1.29 is 19.2 Å². The summed E-state index contributed by atoms with van der Waals surface area (Å²) in [5, 5.41) is 16.1. The molecule has 150 valence electrons. The Morgan fingerprint density at radius 2 is 2.11 bits per heavy atom. The summed E-state index contributed by atoms with van der Waals surface area (Å²) in [6.07, 6.45) is 3.82. The normalized spacial score (nSPS) is 17.2. The van der Waals surface area contributed by atoms with Crippen LogP contribution in [-0.4, -0.2) is 33.2 Å². The number of aryl methyl sites for hydroxylation is 2. The Morgan fingerprint density at radius 1 is 1.32 bits per heavy atom. The maximum absolute atomic E-state index is 12.3. The second-order valence-electron chi connectivity index (χ2n) is 7.68. The average molecular weight is 385 g/mol. The van der Waals surface area contributed by atoms with Crippen molar-refractivity contribution in [2.24, 2.45) is 0 Å². The molecule has 1 aromatic heterocycles. The molecule has 2 atom stereocenters. The third kappa shape index (κ3) is 4.97. The van der Waals surface area contributed by atoms with Crippen LogP contribution in [0.5, 0.6) is 0 Å². The molecule has 0 aliphatic heterocycles. The largest absolute Gasteiger partial charge is 0.480 e. The smallest absolute Gasteiger partial charge is 0.326 e. The zero-order chi connectivity index (χ0) is 20.1.